The molecule has 0 saturated heterocycles. The zero-order chi connectivity index (χ0) is 11.9. The molecule has 2 nitrogen and oxygen atoms in total. The molecule has 0 N–H and O–H groups in total. The maximum atomic E-state index is 6.15. The number of rotatable bonds is 0. The van der Waals surface area contributed by atoms with E-state index >= 15 is 0 Å². The number of pyridine rings is 1. The Kier molecular flexibility index (Phi) is 2.70. The van der Waals surface area contributed by atoms with Crippen molar-refractivity contribution in [3.63, 3.8) is 0 Å². The average Bonchev–Trinajstić information content (AvgIpc) is 2.17. The molecule has 0 amide bonds. The smallest absolute Gasteiger partial charge is 0.172 e. The molecular weight excluding hydrogens is 222 g/mol. The second-order valence-corrected chi connectivity index (χ2v) is 5.51. The van der Waals surface area contributed by atoms with Crippen LogP contribution >= 0.6 is 11.6 Å². The highest BCUT2D eigenvalue weighted by molar-refractivity contribution is 6.31. The Morgan fingerprint density at radius 3 is 2.69 bits per heavy atom. The van der Waals surface area contributed by atoms with Crippen molar-refractivity contribution in [2.45, 2.75) is 39.2 Å². The highest BCUT2D eigenvalue weighted by Gasteiger charge is 2.22. The molecule has 2 rings (SSSR count). The largest absolute Gasteiger partial charge is 0.483 e. The third-order valence-electron chi connectivity index (χ3n) is 2.58. The van der Waals surface area contributed by atoms with Crippen molar-refractivity contribution in [1.29, 1.82) is 0 Å². The first-order valence-electron chi connectivity index (χ1n) is 5.44. The van der Waals surface area contributed by atoms with Gasteiger partial charge < -0.3 is 4.74 Å². The summed E-state index contributed by atoms with van der Waals surface area (Å²) in [4.78, 5) is 4.40. The zero-order valence-electron chi connectivity index (χ0n) is 10.0. The molecule has 86 valence electrons. The topological polar surface area (TPSA) is 22.1 Å². The van der Waals surface area contributed by atoms with Crippen LogP contribution in [0.25, 0.3) is 6.08 Å². The highest BCUT2D eigenvalue weighted by atomic mass is 35.5. The van der Waals surface area contributed by atoms with Crippen LogP contribution in [-0.4, -0.2) is 11.1 Å². The molecule has 0 spiro atoms. The molecule has 2 heterocycles. The summed E-state index contributed by atoms with van der Waals surface area (Å²) in [5.41, 5.74) is 2.00. The summed E-state index contributed by atoms with van der Waals surface area (Å²) in [7, 11) is 0. The number of hydrogen-bond acceptors (Lipinski definition) is 2. The molecule has 1 atom stereocenters. The third kappa shape index (κ3) is 2.07. The molecule has 1 aromatic rings. The second kappa shape index (κ2) is 3.77. The third-order valence-corrected chi connectivity index (χ3v) is 2.84. The molecule has 0 aliphatic carbocycles. The van der Waals surface area contributed by atoms with Gasteiger partial charge in [-0.1, -0.05) is 38.4 Å². The molecule has 0 saturated carbocycles. The molecule has 16 heavy (non-hydrogen) atoms. The lowest BCUT2D eigenvalue weighted by Gasteiger charge is -2.23. The van der Waals surface area contributed by atoms with Crippen LogP contribution in [0.2, 0.25) is 5.15 Å². The summed E-state index contributed by atoms with van der Waals surface area (Å²) in [5, 5.41) is 0.457. The van der Waals surface area contributed by atoms with Crippen LogP contribution in [0.3, 0.4) is 0 Å². The van der Waals surface area contributed by atoms with E-state index in [2.05, 4.69) is 25.8 Å². The van der Waals surface area contributed by atoms with Crippen LogP contribution in [0.4, 0.5) is 0 Å². The number of nitrogens with zero attached hydrogens (tertiary/aromatic N) is 1. The van der Waals surface area contributed by atoms with E-state index < -0.39 is 0 Å². The van der Waals surface area contributed by atoms with Crippen molar-refractivity contribution < 1.29 is 4.74 Å². The van der Waals surface area contributed by atoms with Crippen molar-refractivity contribution in [3.05, 3.63) is 28.6 Å². The van der Waals surface area contributed by atoms with Crippen LogP contribution in [-0.2, 0) is 5.41 Å². The summed E-state index contributed by atoms with van der Waals surface area (Å²) in [6.45, 7) is 8.34. The van der Waals surface area contributed by atoms with Crippen LogP contribution in [0.5, 0.6) is 5.75 Å². The van der Waals surface area contributed by atoms with Gasteiger partial charge in [0.15, 0.2) is 10.9 Å². The Morgan fingerprint density at radius 2 is 2.06 bits per heavy atom. The predicted octanol–water partition coefficient (Wildman–Crippen LogP) is 3.83. The van der Waals surface area contributed by atoms with E-state index in [0.29, 0.717) is 10.9 Å². The minimum atomic E-state index is -0.00439. The normalized spacial score (nSPS) is 19.2. The highest BCUT2D eigenvalue weighted by Crippen LogP contribution is 2.35. The number of aromatic nitrogens is 1. The molecule has 0 bridgehead atoms. The molecular formula is C13H16ClNO. The van der Waals surface area contributed by atoms with Gasteiger partial charge in [0, 0.05) is 16.7 Å². The van der Waals surface area contributed by atoms with Gasteiger partial charge in [0.1, 0.15) is 6.10 Å². The van der Waals surface area contributed by atoms with Gasteiger partial charge in [-0.15, -0.1) is 0 Å². The molecule has 0 radical (unpaired) electrons. The van der Waals surface area contributed by atoms with E-state index in [9.17, 15) is 0 Å². The van der Waals surface area contributed by atoms with Gasteiger partial charge in [0.2, 0.25) is 0 Å². The first kappa shape index (κ1) is 11.5. The number of fused-ring (bicyclic) bond motifs is 1. The Labute approximate surface area is 101 Å². The molecule has 1 aromatic heterocycles. The van der Waals surface area contributed by atoms with Gasteiger partial charge >= 0.3 is 0 Å². The van der Waals surface area contributed by atoms with E-state index in [1.54, 1.807) is 0 Å². The lowest BCUT2D eigenvalue weighted by atomic mass is 9.90. The number of halogens is 1. The van der Waals surface area contributed by atoms with Crippen molar-refractivity contribution in [1.82, 2.24) is 4.98 Å². The van der Waals surface area contributed by atoms with Crippen molar-refractivity contribution in [3.8, 4) is 5.75 Å². The molecule has 0 fully saturated rings. The maximum Gasteiger partial charge on any atom is 0.172 e. The molecule has 1 aliphatic heterocycles. The Balaban J connectivity index is 2.54. The summed E-state index contributed by atoms with van der Waals surface area (Å²) >= 11 is 6.15. The van der Waals surface area contributed by atoms with E-state index in [-0.39, 0.29) is 11.5 Å². The van der Waals surface area contributed by atoms with Crippen LogP contribution in [0.1, 0.15) is 39.0 Å². The van der Waals surface area contributed by atoms with Gasteiger partial charge in [-0.05, 0) is 19.1 Å². The lowest BCUT2D eigenvalue weighted by molar-refractivity contribution is 0.265. The van der Waals surface area contributed by atoms with E-state index in [1.807, 2.05) is 25.1 Å². The molecule has 3 heteroatoms. The fourth-order valence-corrected chi connectivity index (χ4v) is 1.85. The fourth-order valence-electron chi connectivity index (χ4n) is 1.61. The van der Waals surface area contributed by atoms with Crippen molar-refractivity contribution >= 4 is 17.7 Å². The van der Waals surface area contributed by atoms with Crippen LogP contribution in [0, 0.1) is 0 Å². The molecule has 1 unspecified atom stereocenters. The van der Waals surface area contributed by atoms with Gasteiger partial charge in [0.25, 0.3) is 0 Å². The van der Waals surface area contributed by atoms with Crippen LogP contribution < -0.4 is 4.74 Å². The van der Waals surface area contributed by atoms with E-state index in [1.165, 1.54) is 0 Å². The summed E-state index contributed by atoms with van der Waals surface area (Å²) < 4.78 is 5.65. The Morgan fingerprint density at radius 1 is 1.38 bits per heavy atom. The van der Waals surface area contributed by atoms with E-state index in [4.69, 9.17) is 16.3 Å². The Bertz CT molecular complexity index is 446. The van der Waals surface area contributed by atoms with Gasteiger partial charge in [-0.3, -0.25) is 0 Å². The SMILES string of the molecule is CC1C=Cc2cc(C(C)(C)C)nc(Cl)c2O1. The second-order valence-electron chi connectivity index (χ2n) is 5.15. The minimum absolute atomic E-state index is 0.00439. The lowest BCUT2D eigenvalue weighted by Crippen LogP contribution is -2.17. The molecule has 0 aromatic carbocycles. The first-order valence-corrected chi connectivity index (χ1v) is 5.81. The monoisotopic (exact) mass is 237 g/mol. The average molecular weight is 238 g/mol. The van der Waals surface area contributed by atoms with Gasteiger partial charge in [-0.2, -0.15) is 0 Å². The van der Waals surface area contributed by atoms with E-state index in [0.717, 1.165) is 11.3 Å². The zero-order valence-corrected chi connectivity index (χ0v) is 10.8. The maximum absolute atomic E-state index is 6.15. The van der Waals surface area contributed by atoms with Gasteiger partial charge in [-0.25, -0.2) is 4.98 Å². The fraction of sp³-hybridized carbons (Fsp3) is 0.462. The minimum Gasteiger partial charge on any atom is -0.483 e. The summed E-state index contributed by atoms with van der Waals surface area (Å²) in [6.07, 6.45) is 4.13. The summed E-state index contributed by atoms with van der Waals surface area (Å²) in [6, 6.07) is 2.05. The quantitative estimate of drug-likeness (QED) is 0.640. The van der Waals surface area contributed by atoms with Gasteiger partial charge in [0.05, 0.1) is 0 Å². The van der Waals surface area contributed by atoms with Crippen molar-refractivity contribution in [2.24, 2.45) is 0 Å². The standard InChI is InChI=1S/C13H16ClNO/c1-8-5-6-9-7-10(13(2,3)4)15-12(14)11(9)16-8/h5-8H,1-4H3. The molecule has 1 aliphatic rings. The first-order chi connectivity index (χ1) is 7.38. The summed E-state index contributed by atoms with van der Waals surface area (Å²) in [5.74, 6) is 0.699. The van der Waals surface area contributed by atoms with Crippen LogP contribution in [0.15, 0.2) is 12.1 Å². The number of ether oxygens (including phenoxy) is 1. The number of hydrogen-bond donors (Lipinski definition) is 0. The predicted molar refractivity (Wildman–Crippen MR) is 67.1 cm³/mol. The van der Waals surface area contributed by atoms with Crippen molar-refractivity contribution in [2.75, 3.05) is 0 Å². The Hall–Kier alpha value is -1.02.